The summed E-state index contributed by atoms with van der Waals surface area (Å²) in [5, 5.41) is 5.75. The van der Waals surface area contributed by atoms with E-state index in [0.29, 0.717) is 0 Å². The van der Waals surface area contributed by atoms with E-state index in [9.17, 15) is 0 Å². The molecule has 10 heteroatoms. The summed E-state index contributed by atoms with van der Waals surface area (Å²) < 4.78 is 45.7. The summed E-state index contributed by atoms with van der Waals surface area (Å²) in [6.07, 6.45) is 0. The molecule has 4 rings (SSSR count). The summed E-state index contributed by atoms with van der Waals surface area (Å²) in [6, 6.07) is 44.1. The van der Waals surface area contributed by atoms with Crippen molar-refractivity contribution in [2.75, 3.05) is 0 Å². The largest absolute Gasteiger partial charge is 0.299 e. The van der Waals surface area contributed by atoms with Crippen LogP contribution in [0.5, 0.6) is 0 Å². The Hall–Kier alpha value is -2.12. The summed E-state index contributed by atoms with van der Waals surface area (Å²) in [7, 11) is -1.00. The first kappa shape index (κ1) is 28.1. The van der Waals surface area contributed by atoms with Crippen molar-refractivity contribution in [1.82, 2.24) is 0 Å². The Bertz CT molecular complexity index is 957. The molecule has 0 aliphatic rings. The van der Waals surface area contributed by atoms with E-state index in [4.69, 9.17) is 26.6 Å². The number of hydrogen-bond donors (Lipinski definition) is 4. The monoisotopic (exact) mass is 534 g/mol. The van der Waals surface area contributed by atoms with Crippen molar-refractivity contribution in [3.8, 4) is 0 Å². The minimum absolute atomic E-state index is 0.502. The zero-order chi connectivity index (χ0) is 24.8. The Morgan fingerprint density at radius 2 is 0.529 bits per heavy atom. The Morgan fingerprint density at radius 3 is 0.676 bits per heavy atom. The molecule has 0 aliphatic carbocycles. The predicted octanol–water partition coefficient (Wildman–Crippen LogP) is 4.53. The Morgan fingerprint density at radius 1 is 0.382 bits per heavy atom. The van der Waals surface area contributed by atoms with Gasteiger partial charge in [-0.1, -0.05) is 121 Å². The normalized spacial score (nSPS) is 10.5. The molecule has 0 spiro atoms. The molecule has 0 fully saturated rings. The van der Waals surface area contributed by atoms with Crippen molar-refractivity contribution in [3.05, 3.63) is 121 Å². The molecule has 0 heterocycles. The maximum atomic E-state index is 8.67. The summed E-state index contributed by atoms with van der Waals surface area (Å²) in [6.45, 7) is 0. The Balaban J connectivity index is 0.000000446. The Labute approximate surface area is 206 Å². The van der Waals surface area contributed by atoms with E-state index in [0.717, 1.165) is 0 Å². The molecule has 0 amide bonds. The zero-order valence-corrected chi connectivity index (χ0v) is 21.3. The second-order valence-corrected chi connectivity index (χ2v) is 13.1. The second kappa shape index (κ2) is 15.7. The highest BCUT2D eigenvalue weighted by Gasteiger charge is 2.27. The van der Waals surface area contributed by atoms with Crippen LogP contribution in [0.4, 0.5) is 0 Å². The van der Waals surface area contributed by atoms with Crippen molar-refractivity contribution < 1.29 is 26.6 Å². The fraction of sp³-hybridized carbons (Fsp3) is 0. The van der Waals surface area contributed by atoms with Gasteiger partial charge < -0.3 is 0 Å². The van der Waals surface area contributed by atoms with Gasteiger partial charge in [0.25, 0.3) is 22.7 Å². The third kappa shape index (κ3) is 10.0. The van der Waals surface area contributed by atoms with Gasteiger partial charge in [-0.25, -0.2) is 0 Å². The molecule has 0 saturated carbocycles. The summed E-state index contributed by atoms with van der Waals surface area (Å²) >= 11 is -5.22. The van der Waals surface area contributed by atoms with E-state index in [1.54, 1.807) is 0 Å². The molecule has 178 valence electrons. The topological polar surface area (TPSA) is 115 Å². The van der Waals surface area contributed by atoms with E-state index < -0.39 is 37.9 Å². The third-order valence-electron chi connectivity index (χ3n) is 4.20. The van der Waals surface area contributed by atoms with Crippen LogP contribution in [0.15, 0.2) is 121 Å². The fourth-order valence-corrected chi connectivity index (χ4v) is 10.7. The van der Waals surface area contributed by atoms with Gasteiger partial charge in [-0.15, -0.1) is 0 Å². The number of rotatable bonds is 5. The predicted molar refractivity (Wildman–Crippen MR) is 145 cm³/mol. The van der Waals surface area contributed by atoms with Gasteiger partial charge in [0.1, 0.15) is 0 Å². The molecule has 0 unspecified atom stereocenters. The molecule has 4 aromatic carbocycles. The molecule has 0 aromatic heterocycles. The summed E-state index contributed by atoms with van der Waals surface area (Å²) in [5.41, 5.74) is 0. The van der Waals surface area contributed by atoms with Gasteiger partial charge in [0.15, 0.2) is 0 Å². The summed E-state index contributed by atoms with van der Waals surface area (Å²) in [5.74, 6) is 0. The van der Waals surface area contributed by atoms with Gasteiger partial charge in [0.2, 0.25) is 0 Å². The first-order valence-electron chi connectivity index (χ1n) is 9.80. The maximum Gasteiger partial charge on any atom is 0.299 e. The van der Waals surface area contributed by atoms with E-state index in [2.05, 4.69) is 121 Å². The lowest BCUT2D eigenvalue weighted by Gasteiger charge is -2.29. The van der Waals surface area contributed by atoms with Crippen LogP contribution in [0.1, 0.15) is 0 Å². The van der Waals surface area contributed by atoms with Gasteiger partial charge in [0, 0.05) is 0 Å². The maximum absolute atomic E-state index is 8.67. The van der Waals surface area contributed by atoms with Crippen LogP contribution in [0.25, 0.3) is 0 Å². The molecule has 34 heavy (non-hydrogen) atoms. The highest BCUT2D eigenvalue weighted by atomic mass is 32.2. The molecular weight excluding hydrogens is 510 g/mol. The van der Waals surface area contributed by atoms with Gasteiger partial charge in [0.05, 0.1) is 0 Å². The number of benzene rings is 4. The lowest BCUT2D eigenvalue weighted by molar-refractivity contribution is 0.452. The molecule has 4 aromatic rings. The first-order chi connectivity index (χ1) is 16.4. The van der Waals surface area contributed by atoms with E-state index >= 15 is 0 Å². The molecule has 0 aliphatic heterocycles. The minimum atomic E-state index is -2.61. The Kier molecular flexibility index (Phi) is 13.0. The van der Waals surface area contributed by atoms with E-state index in [1.807, 2.05) is 0 Å². The van der Waals surface area contributed by atoms with Crippen LogP contribution in [0.2, 0.25) is 0 Å². The highest BCUT2D eigenvalue weighted by molar-refractivity contribution is 8.41. The van der Waals surface area contributed by atoms with Crippen LogP contribution in [0, 0.1) is 0 Å². The van der Waals surface area contributed by atoms with Gasteiger partial charge in [-0.3, -0.25) is 18.2 Å². The minimum Gasteiger partial charge on any atom is -0.284 e. The van der Waals surface area contributed by atoms with Crippen molar-refractivity contribution in [2.24, 2.45) is 0 Å². The van der Waals surface area contributed by atoms with E-state index in [-0.39, 0.29) is 0 Å². The molecular formula is C24H24O6P2S2. The van der Waals surface area contributed by atoms with Crippen molar-refractivity contribution in [2.45, 2.75) is 0 Å². The van der Waals surface area contributed by atoms with Crippen molar-refractivity contribution in [3.63, 3.8) is 0 Å². The van der Waals surface area contributed by atoms with Crippen molar-refractivity contribution in [1.29, 1.82) is 0 Å². The molecule has 0 radical (unpaired) electrons. The molecule has 6 nitrogen and oxygen atoms in total. The molecule has 4 N–H and O–H groups in total. The SMILES string of the molecule is O=S(O)O.O=S(O)O.c1ccc(P(c2ccccc2)P(c2ccccc2)c2ccccc2)cc1. The van der Waals surface area contributed by atoms with Crippen LogP contribution < -0.4 is 21.2 Å². The molecule has 0 atom stereocenters. The smallest absolute Gasteiger partial charge is 0.284 e. The average Bonchev–Trinajstić information content (AvgIpc) is 2.84. The third-order valence-corrected chi connectivity index (χ3v) is 11.7. The van der Waals surface area contributed by atoms with Gasteiger partial charge >= 0.3 is 0 Å². The van der Waals surface area contributed by atoms with Crippen LogP contribution in [-0.4, -0.2) is 26.6 Å². The zero-order valence-electron chi connectivity index (χ0n) is 17.9. The lowest BCUT2D eigenvalue weighted by Crippen LogP contribution is -2.19. The number of hydrogen-bond acceptors (Lipinski definition) is 2. The van der Waals surface area contributed by atoms with E-state index in [1.165, 1.54) is 21.2 Å². The standard InChI is InChI=1S/C24H20P2.2H2O3S/c1-5-13-21(14-6-1)25(22-15-7-2-8-16-22)26(23-17-9-3-10-18-23)24-19-11-4-12-20-24;2*1-4(2)3/h1-20H;2*(H2,1,2,3). The van der Waals surface area contributed by atoms with Crippen LogP contribution in [-0.2, 0) is 22.7 Å². The molecule has 0 saturated heterocycles. The van der Waals surface area contributed by atoms with Gasteiger partial charge in [-0.05, 0) is 36.4 Å². The average molecular weight is 535 g/mol. The molecule has 0 bridgehead atoms. The second-order valence-electron chi connectivity index (χ2n) is 6.43. The lowest BCUT2D eigenvalue weighted by atomic mass is 10.4. The van der Waals surface area contributed by atoms with Crippen molar-refractivity contribution >= 4 is 59.2 Å². The first-order valence-corrected chi connectivity index (χ1v) is 15.3. The quantitative estimate of drug-likeness (QED) is 0.221. The van der Waals surface area contributed by atoms with Crippen LogP contribution in [0.3, 0.4) is 0 Å². The fourth-order valence-electron chi connectivity index (χ4n) is 3.04. The van der Waals surface area contributed by atoms with Gasteiger partial charge in [-0.2, -0.15) is 8.42 Å². The van der Waals surface area contributed by atoms with Crippen LogP contribution >= 0.6 is 15.2 Å². The summed E-state index contributed by atoms with van der Waals surface area (Å²) in [4.78, 5) is 0. The highest BCUT2D eigenvalue weighted by Crippen LogP contribution is 2.65.